The number of hydrogen-bond acceptors (Lipinski definition) is 4. The van der Waals surface area contributed by atoms with Gasteiger partial charge in [-0.2, -0.15) is 0 Å². The van der Waals surface area contributed by atoms with Gasteiger partial charge in [0.2, 0.25) is 5.91 Å². The summed E-state index contributed by atoms with van der Waals surface area (Å²) < 4.78 is 36.9. The number of halogens is 3. The molecule has 8 heteroatoms. The third kappa shape index (κ3) is 7.64. The highest BCUT2D eigenvalue weighted by Crippen LogP contribution is 2.25. The second kappa shape index (κ2) is 10.7. The third-order valence-corrected chi connectivity index (χ3v) is 3.73. The lowest BCUT2D eigenvalue weighted by Crippen LogP contribution is -2.40. The van der Waals surface area contributed by atoms with Gasteiger partial charge in [0.1, 0.15) is 0 Å². The molecule has 1 aliphatic heterocycles. The van der Waals surface area contributed by atoms with Gasteiger partial charge in [0.05, 0.1) is 32.4 Å². The first kappa shape index (κ1) is 21.8. The molecule has 1 heterocycles. The van der Waals surface area contributed by atoms with Crippen molar-refractivity contribution in [2.45, 2.75) is 38.5 Å². The molecule has 25 heavy (non-hydrogen) atoms. The van der Waals surface area contributed by atoms with Crippen molar-refractivity contribution >= 4 is 18.3 Å². The topological polar surface area (TPSA) is 59.6 Å². The maximum Gasteiger partial charge on any atom is 0.262 e. The Morgan fingerprint density at radius 2 is 2.04 bits per heavy atom. The van der Waals surface area contributed by atoms with E-state index in [4.69, 9.17) is 9.47 Å². The van der Waals surface area contributed by atoms with Crippen LogP contribution in [0.3, 0.4) is 0 Å². The van der Waals surface area contributed by atoms with Crippen LogP contribution in [-0.4, -0.2) is 44.2 Å². The van der Waals surface area contributed by atoms with Gasteiger partial charge in [-0.3, -0.25) is 10.1 Å². The summed E-state index contributed by atoms with van der Waals surface area (Å²) in [6.07, 6.45) is -0.452. The smallest absolute Gasteiger partial charge is 0.262 e. The molecule has 0 radical (unpaired) electrons. The average molecular weight is 379 g/mol. The van der Waals surface area contributed by atoms with E-state index in [9.17, 15) is 13.6 Å². The number of benzene rings is 1. The van der Waals surface area contributed by atoms with E-state index in [1.807, 2.05) is 31.2 Å². The van der Waals surface area contributed by atoms with Crippen molar-refractivity contribution in [1.82, 2.24) is 10.6 Å². The summed E-state index contributed by atoms with van der Waals surface area (Å²) in [6, 6.07) is 6.79. The molecule has 1 aliphatic rings. The zero-order valence-corrected chi connectivity index (χ0v) is 15.0. The Kier molecular flexibility index (Phi) is 9.27. The van der Waals surface area contributed by atoms with Crippen LogP contribution < -0.4 is 10.6 Å². The number of amides is 1. The number of rotatable bonds is 9. The molecular weight excluding hydrogens is 354 g/mol. The molecule has 5 nitrogen and oxygen atoms in total. The van der Waals surface area contributed by atoms with Gasteiger partial charge in [-0.25, -0.2) is 8.78 Å². The van der Waals surface area contributed by atoms with Gasteiger partial charge < -0.3 is 14.8 Å². The van der Waals surface area contributed by atoms with Crippen LogP contribution in [0.15, 0.2) is 24.3 Å². The lowest BCUT2D eigenvalue weighted by molar-refractivity contribution is -0.123. The third-order valence-electron chi connectivity index (χ3n) is 3.73. The Morgan fingerprint density at radius 1 is 1.32 bits per heavy atom. The summed E-state index contributed by atoms with van der Waals surface area (Å²) in [6.45, 7) is 4.00. The average Bonchev–Trinajstić information content (AvgIpc) is 2.93. The molecule has 0 aliphatic carbocycles. The molecule has 0 spiro atoms. The lowest BCUT2D eigenvalue weighted by Gasteiger charge is -2.12. The summed E-state index contributed by atoms with van der Waals surface area (Å²) in [5, 5.41) is 5.24. The van der Waals surface area contributed by atoms with Crippen molar-refractivity contribution in [3.63, 3.8) is 0 Å². The van der Waals surface area contributed by atoms with Gasteiger partial charge in [0, 0.05) is 19.6 Å². The number of nitrogens with one attached hydrogen (secondary N) is 2. The molecule has 1 fully saturated rings. The molecule has 1 saturated heterocycles. The quantitative estimate of drug-likeness (QED) is 0.647. The molecule has 2 N–H and O–H groups in total. The predicted octanol–water partition coefficient (Wildman–Crippen LogP) is 2.27. The summed E-state index contributed by atoms with van der Waals surface area (Å²) in [5.41, 5.74) is 1.89. The van der Waals surface area contributed by atoms with E-state index in [1.165, 1.54) is 0 Å². The van der Waals surface area contributed by atoms with Crippen molar-refractivity contribution < 1.29 is 23.0 Å². The Bertz CT molecular complexity index is 546. The second-order valence-corrected chi connectivity index (χ2v) is 5.78. The molecule has 0 aromatic heterocycles. The summed E-state index contributed by atoms with van der Waals surface area (Å²) >= 11 is 0. The van der Waals surface area contributed by atoms with E-state index >= 15 is 0 Å². The Hall–Kier alpha value is -1.28. The first-order chi connectivity index (χ1) is 11.5. The fraction of sp³-hybridized carbons (Fsp3) is 0.588. The van der Waals surface area contributed by atoms with E-state index in [0.29, 0.717) is 33.0 Å². The molecule has 1 atom stereocenters. The first-order valence-corrected chi connectivity index (χ1v) is 8.12. The second-order valence-electron chi connectivity index (χ2n) is 5.78. The SMILES string of the molecule is CCOCCOCc1cccc(CNC(=O)C2CC(F)(F)CN2)c1.Cl. The minimum atomic E-state index is -2.80. The highest BCUT2D eigenvalue weighted by Gasteiger charge is 2.42. The van der Waals surface area contributed by atoms with Crippen LogP contribution >= 0.6 is 12.4 Å². The van der Waals surface area contributed by atoms with Crippen LogP contribution in [0, 0.1) is 0 Å². The fourth-order valence-corrected chi connectivity index (χ4v) is 2.49. The van der Waals surface area contributed by atoms with Gasteiger partial charge in [0.25, 0.3) is 5.92 Å². The number of carbonyl (C=O) groups is 1. The Morgan fingerprint density at radius 3 is 2.72 bits per heavy atom. The molecule has 1 amide bonds. The largest absolute Gasteiger partial charge is 0.379 e. The fourth-order valence-electron chi connectivity index (χ4n) is 2.49. The van der Waals surface area contributed by atoms with Gasteiger partial charge in [-0.15, -0.1) is 12.4 Å². The van der Waals surface area contributed by atoms with Crippen LogP contribution in [0.2, 0.25) is 0 Å². The summed E-state index contributed by atoms with van der Waals surface area (Å²) in [4.78, 5) is 11.9. The zero-order chi connectivity index (χ0) is 17.4. The van der Waals surface area contributed by atoms with Crippen molar-refractivity contribution in [2.24, 2.45) is 0 Å². The molecule has 1 unspecified atom stereocenters. The van der Waals surface area contributed by atoms with E-state index < -0.39 is 30.8 Å². The highest BCUT2D eigenvalue weighted by atomic mass is 35.5. The predicted molar refractivity (Wildman–Crippen MR) is 93.0 cm³/mol. The van der Waals surface area contributed by atoms with E-state index in [1.54, 1.807) is 0 Å². The van der Waals surface area contributed by atoms with Crippen LogP contribution in [0.5, 0.6) is 0 Å². The molecule has 142 valence electrons. The summed E-state index contributed by atoms with van der Waals surface area (Å²) in [7, 11) is 0. The molecule has 1 aromatic rings. The van der Waals surface area contributed by atoms with Crippen molar-refractivity contribution in [3.05, 3.63) is 35.4 Å². The maximum atomic E-state index is 13.1. The van der Waals surface area contributed by atoms with Crippen LogP contribution in [0.1, 0.15) is 24.5 Å². The molecular formula is C17H25ClF2N2O3. The van der Waals surface area contributed by atoms with Crippen LogP contribution in [0.4, 0.5) is 8.78 Å². The van der Waals surface area contributed by atoms with Crippen LogP contribution in [-0.2, 0) is 27.4 Å². The van der Waals surface area contributed by atoms with E-state index in [-0.39, 0.29) is 12.4 Å². The monoisotopic (exact) mass is 378 g/mol. The van der Waals surface area contributed by atoms with Crippen molar-refractivity contribution in [3.8, 4) is 0 Å². The van der Waals surface area contributed by atoms with Gasteiger partial charge in [-0.1, -0.05) is 24.3 Å². The Labute approximate surface area is 152 Å². The highest BCUT2D eigenvalue weighted by molar-refractivity contribution is 5.85. The standard InChI is InChI=1S/C17H24F2N2O3.ClH/c1-2-23-6-7-24-11-14-5-3-4-13(8-14)10-20-16(22)15-9-17(18,19)12-21-15;/h3-5,8,15,21H,2,6-7,9-12H2,1H3,(H,20,22);1H. The molecule has 1 aromatic carbocycles. The van der Waals surface area contributed by atoms with Gasteiger partial charge in [-0.05, 0) is 18.1 Å². The lowest BCUT2D eigenvalue weighted by atomic mass is 10.1. The first-order valence-electron chi connectivity index (χ1n) is 8.12. The van der Waals surface area contributed by atoms with Gasteiger partial charge >= 0.3 is 0 Å². The zero-order valence-electron chi connectivity index (χ0n) is 14.2. The van der Waals surface area contributed by atoms with E-state index in [2.05, 4.69) is 10.6 Å². The molecule has 0 saturated carbocycles. The number of ether oxygens (including phenoxy) is 2. The van der Waals surface area contributed by atoms with Crippen molar-refractivity contribution in [1.29, 1.82) is 0 Å². The van der Waals surface area contributed by atoms with E-state index in [0.717, 1.165) is 11.1 Å². The van der Waals surface area contributed by atoms with Gasteiger partial charge in [0.15, 0.2) is 0 Å². The number of carbonyl (C=O) groups excluding carboxylic acids is 1. The molecule has 0 bridgehead atoms. The maximum absolute atomic E-state index is 13.1. The minimum absolute atomic E-state index is 0. The summed E-state index contributed by atoms with van der Waals surface area (Å²) in [5.74, 6) is -3.20. The normalized spacial score (nSPS) is 18.6. The number of alkyl halides is 2. The minimum Gasteiger partial charge on any atom is -0.379 e. The van der Waals surface area contributed by atoms with Crippen LogP contribution in [0.25, 0.3) is 0 Å². The van der Waals surface area contributed by atoms with Crippen molar-refractivity contribution in [2.75, 3.05) is 26.4 Å². The number of hydrogen-bond donors (Lipinski definition) is 2. The molecule has 2 rings (SSSR count). The Balaban J connectivity index is 0.00000312.